The Kier molecular flexibility index (Phi) is 5.00. The lowest BCUT2D eigenvalue weighted by Crippen LogP contribution is -2.20. The summed E-state index contributed by atoms with van der Waals surface area (Å²) < 4.78 is 18.7. The molecule has 3 heterocycles. The van der Waals surface area contributed by atoms with Gasteiger partial charge in [-0.3, -0.25) is 4.79 Å². The topological polar surface area (TPSA) is 82.8 Å². The Morgan fingerprint density at radius 3 is 2.54 bits per heavy atom. The molecule has 0 amide bonds. The lowest BCUT2D eigenvalue weighted by Gasteiger charge is -2.06. The zero-order valence-corrected chi connectivity index (χ0v) is 18.7. The van der Waals surface area contributed by atoms with Crippen LogP contribution in [0.15, 0.2) is 110 Å². The molecule has 0 aliphatic heterocycles. The van der Waals surface area contributed by atoms with Crippen LogP contribution in [-0.2, 0) is 0 Å². The molecular formula is C28H19N3O4. The van der Waals surface area contributed by atoms with Crippen molar-refractivity contribution in [1.29, 1.82) is 0 Å². The normalized spacial score (nSPS) is 11.6. The van der Waals surface area contributed by atoms with Gasteiger partial charge in [-0.25, -0.2) is 4.98 Å². The SMILES string of the molecule is COc1cccc2oc(-c3nc4ccccc4c(=O)n3N=Cc3ccc(-c4ccccc4)o3)cc12. The highest BCUT2D eigenvalue weighted by atomic mass is 16.5. The van der Waals surface area contributed by atoms with E-state index in [9.17, 15) is 4.79 Å². The fraction of sp³-hybridized carbons (Fsp3) is 0.0357. The first kappa shape index (κ1) is 20.7. The van der Waals surface area contributed by atoms with Crippen molar-refractivity contribution in [1.82, 2.24) is 9.66 Å². The van der Waals surface area contributed by atoms with E-state index in [1.165, 1.54) is 10.9 Å². The number of aromatic nitrogens is 2. The van der Waals surface area contributed by atoms with Crippen molar-refractivity contribution in [2.45, 2.75) is 0 Å². The van der Waals surface area contributed by atoms with Gasteiger partial charge in [0, 0.05) is 5.56 Å². The molecule has 0 fully saturated rings. The quantitative estimate of drug-likeness (QED) is 0.296. The molecule has 0 unspecified atom stereocenters. The Bertz CT molecular complexity index is 1760. The summed E-state index contributed by atoms with van der Waals surface area (Å²) in [7, 11) is 1.60. The van der Waals surface area contributed by atoms with Gasteiger partial charge in [0.25, 0.3) is 5.56 Å². The second-order valence-electron chi connectivity index (χ2n) is 7.86. The van der Waals surface area contributed by atoms with Gasteiger partial charge < -0.3 is 13.6 Å². The van der Waals surface area contributed by atoms with Crippen molar-refractivity contribution in [2.75, 3.05) is 7.11 Å². The van der Waals surface area contributed by atoms with E-state index in [2.05, 4.69) is 5.10 Å². The standard InChI is InChI=1S/C28H19N3O4/c1-33-24-12-7-13-25-21(24)16-26(35-25)27-30-22-11-6-5-10-20(22)28(32)31(27)29-17-19-14-15-23(34-19)18-8-3-2-4-9-18/h2-17H,1H3. The van der Waals surface area contributed by atoms with Crippen molar-refractivity contribution >= 4 is 28.1 Å². The van der Waals surface area contributed by atoms with Gasteiger partial charge in [0.05, 0.1) is 29.6 Å². The number of rotatable bonds is 5. The van der Waals surface area contributed by atoms with Crippen molar-refractivity contribution in [3.8, 4) is 28.7 Å². The Hall–Kier alpha value is -4.91. The fourth-order valence-electron chi connectivity index (χ4n) is 4.01. The predicted molar refractivity (Wildman–Crippen MR) is 135 cm³/mol. The van der Waals surface area contributed by atoms with Gasteiger partial charge in [0.2, 0.25) is 5.82 Å². The largest absolute Gasteiger partial charge is 0.496 e. The molecule has 0 aliphatic carbocycles. The molecule has 0 N–H and O–H groups in total. The fourth-order valence-corrected chi connectivity index (χ4v) is 4.01. The molecule has 7 heteroatoms. The van der Waals surface area contributed by atoms with Crippen LogP contribution in [0.5, 0.6) is 5.75 Å². The van der Waals surface area contributed by atoms with Crippen LogP contribution in [0.4, 0.5) is 0 Å². The van der Waals surface area contributed by atoms with E-state index < -0.39 is 0 Å². The Balaban J connectivity index is 1.49. The zero-order chi connectivity index (χ0) is 23.8. The molecule has 3 aromatic heterocycles. The van der Waals surface area contributed by atoms with Crippen LogP contribution in [0.3, 0.4) is 0 Å². The summed E-state index contributed by atoms with van der Waals surface area (Å²) in [4.78, 5) is 18.1. The third-order valence-corrected chi connectivity index (χ3v) is 5.70. The first-order valence-corrected chi connectivity index (χ1v) is 11.0. The molecule has 0 aliphatic rings. The van der Waals surface area contributed by atoms with Gasteiger partial charge in [0.1, 0.15) is 22.9 Å². The first-order chi connectivity index (χ1) is 17.2. The molecule has 0 radical (unpaired) electrons. The van der Waals surface area contributed by atoms with E-state index in [4.69, 9.17) is 18.6 Å². The van der Waals surface area contributed by atoms with E-state index in [1.807, 2.05) is 60.7 Å². The average molecular weight is 461 g/mol. The predicted octanol–water partition coefficient (Wildman–Crippen LogP) is 5.96. The van der Waals surface area contributed by atoms with Crippen LogP contribution < -0.4 is 10.3 Å². The highest BCUT2D eigenvalue weighted by molar-refractivity contribution is 5.88. The molecule has 170 valence electrons. The number of ether oxygens (including phenoxy) is 1. The maximum Gasteiger partial charge on any atom is 0.282 e. The van der Waals surface area contributed by atoms with Gasteiger partial charge in [-0.2, -0.15) is 9.78 Å². The molecule has 35 heavy (non-hydrogen) atoms. The summed E-state index contributed by atoms with van der Waals surface area (Å²) in [5, 5.41) is 5.68. The van der Waals surface area contributed by atoms with Crippen molar-refractivity contribution < 1.29 is 13.6 Å². The van der Waals surface area contributed by atoms with Gasteiger partial charge in [-0.1, -0.05) is 48.5 Å². The van der Waals surface area contributed by atoms with Crippen molar-refractivity contribution in [3.05, 3.63) is 107 Å². The maximum atomic E-state index is 13.4. The Labute approximate surface area is 199 Å². The van der Waals surface area contributed by atoms with E-state index in [0.29, 0.717) is 39.5 Å². The summed E-state index contributed by atoms with van der Waals surface area (Å²) in [6.07, 6.45) is 1.50. The first-order valence-electron chi connectivity index (χ1n) is 11.0. The smallest absolute Gasteiger partial charge is 0.282 e. The highest BCUT2D eigenvalue weighted by Gasteiger charge is 2.18. The Morgan fingerprint density at radius 2 is 1.69 bits per heavy atom. The molecule has 0 bridgehead atoms. The van der Waals surface area contributed by atoms with Crippen LogP contribution in [0.2, 0.25) is 0 Å². The number of hydrogen-bond acceptors (Lipinski definition) is 6. The molecule has 7 nitrogen and oxygen atoms in total. The summed E-state index contributed by atoms with van der Waals surface area (Å²) in [5.74, 6) is 2.55. The van der Waals surface area contributed by atoms with Gasteiger partial charge in [-0.15, -0.1) is 0 Å². The van der Waals surface area contributed by atoms with Crippen LogP contribution in [0, 0.1) is 0 Å². The summed E-state index contributed by atoms with van der Waals surface area (Å²) >= 11 is 0. The average Bonchev–Trinajstić information content (AvgIpc) is 3.56. The van der Waals surface area contributed by atoms with E-state index in [-0.39, 0.29) is 11.4 Å². The van der Waals surface area contributed by atoms with Crippen LogP contribution in [0.25, 0.3) is 44.8 Å². The second-order valence-corrected chi connectivity index (χ2v) is 7.86. The third kappa shape index (κ3) is 3.69. The summed E-state index contributed by atoms with van der Waals surface area (Å²) in [6, 6.07) is 27.9. The molecule has 0 saturated heterocycles. The molecule has 0 spiro atoms. The number of para-hydroxylation sites is 1. The monoisotopic (exact) mass is 461 g/mol. The van der Waals surface area contributed by atoms with E-state index >= 15 is 0 Å². The Morgan fingerprint density at radius 1 is 0.857 bits per heavy atom. The minimum atomic E-state index is -0.316. The number of hydrogen-bond donors (Lipinski definition) is 0. The lowest BCUT2D eigenvalue weighted by atomic mass is 10.2. The van der Waals surface area contributed by atoms with E-state index in [0.717, 1.165) is 10.9 Å². The number of furan rings is 2. The molecule has 6 aromatic rings. The second kappa shape index (κ2) is 8.46. The molecule has 6 rings (SSSR count). The molecule has 0 atom stereocenters. The molecule has 3 aromatic carbocycles. The third-order valence-electron chi connectivity index (χ3n) is 5.70. The molecular weight excluding hydrogens is 442 g/mol. The lowest BCUT2D eigenvalue weighted by molar-refractivity contribution is 0.419. The molecule has 0 saturated carbocycles. The maximum absolute atomic E-state index is 13.4. The van der Waals surface area contributed by atoms with Crippen molar-refractivity contribution in [3.63, 3.8) is 0 Å². The summed E-state index contributed by atoms with van der Waals surface area (Å²) in [6.45, 7) is 0. The zero-order valence-electron chi connectivity index (χ0n) is 18.7. The van der Waals surface area contributed by atoms with Gasteiger partial charge in [-0.05, 0) is 42.5 Å². The van der Waals surface area contributed by atoms with E-state index in [1.54, 1.807) is 37.4 Å². The van der Waals surface area contributed by atoms with Gasteiger partial charge >= 0.3 is 0 Å². The summed E-state index contributed by atoms with van der Waals surface area (Å²) in [5.41, 5.74) is 1.81. The van der Waals surface area contributed by atoms with Crippen LogP contribution in [-0.4, -0.2) is 23.0 Å². The number of benzene rings is 3. The number of fused-ring (bicyclic) bond motifs is 2. The minimum absolute atomic E-state index is 0.276. The highest BCUT2D eigenvalue weighted by Crippen LogP contribution is 2.33. The number of methoxy groups -OCH3 is 1. The van der Waals surface area contributed by atoms with Crippen LogP contribution >= 0.6 is 0 Å². The van der Waals surface area contributed by atoms with Crippen molar-refractivity contribution in [2.24, 2.45) is 5.10 Å². The van der Waals surface area contributed by atoms with Gasteiger partial charge in [0.15, 0.2) is 5.76 Å². The number of nitrogens with zero attached hydrogens (tertiary/aromatic N) is 3. The minimum Gasteiger partial charge on any atom is -0.496 e. The van der Waals surface area contributed by atoms with Crippen LogP contribution in [0.1, 0.15) is 5.76 Å².